The van der Waals surface area contributed by atoms with E-state index in [1.165, 1.54) is 64.2 Å². The third-order valence-corrected chi connectivity index (χ3v) is 5.89. The summed E-state index contributed by atoms with van der Waals surface area (Å²) in [6.07, 6.45) is 18.1. The largest absolute Gasteiger partial charge is 0.499 e. The Morgan fingerprint density at radius 1 is 0.871 bits per heavy atom. The minimum Gasteiger partial charge on any atom is -0.499 e. The van der Waals surface area contributed by atoms with Gasteiger partial charge in [0.15, 0.2) is 0 Å². The van der Waals surface area contributed by atoms with Crippen LogP contribution in [0.2, 0.25) is 0 Å². The van der Waals surface area contributed by atoms with Crippen LogP contribution in [0.1, 0.15) is 84.0 Å². The fourth-order valence-corrected chi connectivity index (χ4v) is 3.67. The van der Waals surface area contributed by atoms with Crippen LogP contribution in [0.4, 0.5) is 0 Å². The Morgan fingerprint density at radius 2 is 1.42 bits per heavy atom. The van der Waals surface area contributed by atoms with Crippen molar-refractivity contribution in [3.05, 3.63) is 12.3 Å². The van der Waals surface area contributed by atoms with E-state index in [0.29, 0.717) is 11.0 Å². The summed E-state index contributed by atoms with van der Waals surface area (Å²) in [6, 6.07) is 0. The van der Waals surface area contributed by atoms with Crippen molar-refractivity contribution in [1.82, 2.24) is 0 Å². The van der Waals surface area contributed by atoms with Gasteiger partial charge in [-0.05, 0) is 18.9 Å². The van der Waals surface area contributed by atoms with Gasteiger partial charge >= 0.3 is 7.82 Å². The van der Waals surface area contributed by atoms with Crippen molar-refractivity contribution in [1.29, 1.82) is 0 Å². The van der Waals surface area contributed by atoms with E-state index in [2.05, 4.69) is 6.92 Å². The fourth-order valence-electron chi connectivity index (χ4n) is 2.92. The van der Waals surface area contributed by atoms with Crippen molar-refractivity contribution >= 4 is 7.82 Å². The number of likely N-dealkylation sites (N-methyl/N-ethyl adjacent to an activating group) is 1. The van der Waals surface area contributed by atoms with Crippen molar-refractivity contribution in [3.8, 4) is 0 Å². The monoisotopic (exact) mass is 466 g/mol. The quantitative estimate of drug-likeness (QED) is 0.0959. The standard InChI is InChI=1S/C23H48NO6P/c1-5-6-7-8-9-10-11-12-13-14-15-16-17-19-28-21-23(25)22-30-31(26,27)29-20-18-24(2,3)4/h17,19,23,25H,5-16,18,20-22H2,1-4H3/p+1/b19-17-/t23-/m1/s1. The maximum Gasteiger partial charge on any atom is 0.472 e. The summed E-state index contributed by atoms with van der Waals surface area (Å²) in [5, 5.41) is 9.80. The minimum absolute atomic E-state index is 0.00758. The first-order chi connectivity index (χ1) is 14.7. The van der Waals surface area contributed by atoms with Crippen LogP contribution in [-0.4, -0.2) is 68.1 Å². The number of hydrogen-bond donors (Lipinski definition) is 2. The zero-order valence-corrected chi connectivity index (χ0v) is 21.4. The van der Waals surface area contributed by atoms with Gasteiger partial charge in [0.1, 0.15) is 25.9 Å². The summed E-state index contributed by atoms with van der Waals surface area (Å²) < 4.78 is 27.3. The van der Waals surface area contributed by atoms with Crippen LogP contribution in [0.25, 0.3) is 0 Å². The highest BCUT2D eigenvalue weighted by molar-refractivity contribution is 7.47. The smallest absolute Gasteiger partial charge is 0.472 e. The Labute approximate surface area is 191 Å². The summed E-state index contributed by atoms with van der Waals surface area (Å²) in [4.78, 5) is 9.60. The zero-order chi connectivity index (χ0) is 23.4. The van der Waals surface area contributed by atoms with Gasteiger partial charge in [0.05, 0.1) is 34.0 Å². The molecule has 0 heterocycles. The Morgan fingerprint density at radius 3 is 1.97 bits per heavy atom. The maximum atomic E-state index is 11.8. The second-order valence-electron chi connectivity index (χ2n) is 9.29. The third kappa shape index (κ3) is 24.1. The number of rotatable bonds is 22. The molecule has 7 nitrogen and oxygen atoms in total. The van der Waals surface area contributed by atoms with E-state index >= 15 is 0 Å². The lowest BCUT2D eigenvalue weighted by atomic mass is 10.1. The van der Waals surface area contributed by atoms with E-state index in [-0.39, 0.29) is 19.8 Å². The number of allylic oxidation sites excluding steroid dienone is 1. The Balaban J connectivity index is 3.53. The molecule has 0 bridgehead atoms. The number of hydrogen-bond acceptors (Lipinski definition) is 5. The van der Waals surface area contributed by atoms with Gasteiger partial charge < -0.3 is 19.2 Å². The van der Waals surface area contributed by atoms with Gasteiger partial charge in [0.25, 0.3) is 0 Å². The van der Waals surface area contributed by atoms with Gasteiger partial charge in [-0.15, -0.1) is 0 Å². The van der Waals surface area contributed by atoms with Crippen molar-refractivity contribution in [2.75, 3.05) is 47.5 Å². The normalized spacial score (nSPS) is 15.3. The first-order valence-corrected chi connectivity index (χ1v) is 13.5. The van der Waals surface area contributed by atoms with E-state index in [1.54, 1.807) is 6.26 Å². The molecule has 8 heteroatoms. The summed E-state index contributed by atoms with van der Waals surface area (Å²) in [5.74, 6) is 0. The molecule has 0 aliphatic carbocycles. The molecule has 0 aliphatic rings. The lowest BCUT2D eigenvalue weighted by Crippen LogP contribution is -2.37. The SMILES string of the molecule is CCCCCCCCCCCCC/C=C\OC[C@@H](O)COP(=O)(O)OCC[N+](C)(C)C. The van der Waals surface area contributed by atoms with Crippen molar-refractivity contribution < 1.29 is 32.8 Å². The average molecular weight is 467 g/mol. The molecule has 0 aromatic carbocycles. The number of nitrogens with zero attached hydrogens (tertiary/aromatic N) is 1. The molecule has 2 N–H and O–H groups in total. The Kier molecular flexibility index (Phi) is 18.8. The molecule has 1 unspecified atom stereocenters. The van der Waals surface area contributed by atoms with Gasteiger partial charge in [-0.2, -0.15) is 0 Å². The van der Waals surface area contributed by atoms with Gasteiger partial charge in [-0.3, -0.25) is 9.05 Å². The molecular formula is C23H49NO6P+. The van der Waals surface area contributed by atoms with Gasteiger partial charge in [0, 0.05) is 0 Å². The molecule has 0 amide bonds. The second-order valence-corrected chi connectivity index (χ2v) is 10.7. The molecule has 0 aromatic rings. The molecule has 0 spiro atoms. The molecule has 0 aliphatic heterocycles. The number of unbranched alkanes of at least 4 members (excludes halogenated alkanes) is 11. The molecule has 31 heavy (non-hydrogen) atoms. The van der Waals surface area contributed by atoms with Crippen LogP contribution < -0.4 is 0 Å². The molecular weight excluding hydrogens is 417 g/mol. The van der Waals surface area contributed by atoms with Crippen LogP contribution in [0.5, 0.6) is 0 Å². The molecule has 2 atom stereocenters. The lowest BCUT2D eigenvalue weighted by molar-refractivity contribution is -0.870. The van der Waals surface area contributed by atoms with Crippen LogP contribution >= 0.6 is 7.82 Å². The van der Waals surface area contributed by atoms with Crippen molar-refractivity contribution in [3.63, 3.8) is 0 Å². The van der Waals surface area contributed by atoms with Gasteiger partial charge in [-0.1, -0.05) is 71.1 Å². The van der Waals surface area contributed by atoms with E-state index in [1.807, 2.05) is 27.2 Å². The summed E-state index contributed by atoms with van der Waals surface area (Å²) in [6.45, 7) is 2.62. The number of aliphatic hydroxyl groups is 1. The van der Waals surface area contributed by atoms with Crippen molar-refractivity contribution in [2.45, 2.75) is 90.1 Å². The van der Waals surface area contributed by atoms with Crippen LogP contribution in [-0.2, 0) is 18.3 Å². The highest BCUT2D eigenvalue weighted by Gasteiger charge is 2.24. The highest BCUT2D eigenvalue weighted by Crippen LogP contribution is 2.43. The molecule has 0 aromatic heterocycles. The number of quaternary nitrogens is 1. The molecule has 0 fully saturated rings. The molecule has 0 saturated carbocycles. The van der Waals surface area contributed by atoms with E-state index in [0.717, 1.165) is 12.8 Å². The van der Waals surface area contributed by atoms with Gasteiger partial charge in [-0.25, -0.2) is 4.57 Å². The van der Waals surface area contributed by atoms with Crippen molar-refractivity contribution in [2.24, 2.45) is 0 Å². The number of phosphoric ester groups is 1. The lowest BCUT2D eigenvalue weighted by Gasteiger charge is -2.24. The number of ether oxygens (including phenoxy) is 1. The first kappa shape index (κ1) is 30.6. The maximum absolute atomic E-state index is 11.8. The topological polar surface area (TPSA) is 85.2 Å². The van der Waals surface area contributed by atoms with Gasteiger partial charge in [0.2, 0.25) is 0 Å². The summed E-state index contributed by atoms with van der Waals surface area (Å²) >= 11 is 0. The zero-order valence-electron chi connectivity index (χ0n) is 20.5. The fraction of sp³-hybridized carbons (Fsp3) is 0.913. The molecule has 0 rings (SSSR count). The number of aliphatic hydroxyl groups excluding tert-OH is 1. The highest BCUT2D eigenvalue weighted by atomic mass is 31.2. The number of phosphoric acid groups is 1. The summed E-state index contributed by atoms with van der Waals surface area (Å²) in [5.41, 5.74) is 0. The summed E-state index contributed by atoms with van der Waals surface area (Å²) in [7, 11) is 1.72. The third-order valence-electron chi connectivity index (χ3n) is 4.90. The van der Waals surface area contributed by atoms with Crippen LogP contribution in [0.15, 0.2) is 12.3 Å². The van der Waals surface area contributed by atoms with E-state index < -0.39 is 13.9 Å². The predicted octanol–water partition coefficient (Wildman–Crippen LogP) is 5.42. The minimum atomic E-state index is -4.15. The average Bonchev–Trinajstić information content (AvgIpc) is 2.68. The van der Waals surface area contributed by atoms with Crippen LogP contribution in [0, 0.1) is 0 Å². The predicted molar refractivity (Wildman–Crippen MR) is 127 cm³/mol. The van der Waals surface area contributed by atoms with Crippen LogP contribution in [0.3, 0.4) is 0 Å². The first-order valence-electron chi connectivity index (χ1n) is 12.0. The molecule has 0 radical (unpaired) electrons. The molecule has 186 valence electrons. The second kappa shape index (κ2) is 19.1. The molecule has 0 saturated heterocycles. The Hall–Kier alpha value is -0.430. The van der Waals surface area contributed by atoms with E-state index in [9.17, 15) is 14.6 Å². The van der Waals surface area contributed by atoms with E-state index in [4.69, 9.17) is 13.8 Å². The Bertz CT molecular complexity index is 481.